The standard InChI is InChI=1S/C21H17FN4OS3/c22-13-7-5-12(6-8-13)15-9-29-21(25-15)26-17(27)10-28-19-18-14-3-1-2-4-16(14)30-20(18)24-11-23-19/h5-9,11H,1-4,10H2,(H,25,26,27). The lowest BCUT2D eigenvalue weighted by molar-refractivity contribution is -0.113. The van der Waals surface area contributed by atoms with Crippen LogP contribution in [0.5, 0.6) is 0 Å². The Morgan fingerprint density at radius 2 is 2.00 bits per heavy atom. The summed E-state index contributed by atoms with van der Waals surface area (Å²) in [6.07, 6.45) is 6.18. The number of carbonyl (C=O) groups is 1. The summed E-state index contributed by atoms with van der Waals surface area (Å²) >= 11 is 4.54. The first-order valence-electron chi connectivity index (χ1n) is 9.57. The molecule has 0 spiro atoms. The van der Waals surface area contributed by atoms with Gasteiger partial charge in [-0.15, -0.1) is 22.7 Å². The minimum absolute atomic E-state index is 0.129. The molecule has 1 N–H and O–H groups in total. The van der Waals surface area contributed by atoms with Gasteiger partial charge >= 0.3 is 0 Å². The lowest BCUT2D eigenvalue weighted by atomic mass is 9.97. The van der Waals surface area contributed by atoms with Gasteiger partial charge in [0.1, 0.15) is 22.0 Å². The number of amides is 1. The van der Waals surface area contributed by atoms with E-state index in [1.807, 2.05) is 5.38 Å². The Kier molecular flexibility index (Phi) is 5.49. The van der Waals surface area contributed by atoms with Gasteiger partial charge in [-0.25, -0.2) is 19.3 Å². The second-order valence-electron chi connectivity index (χ2n) is 6.95. The second kappa shape index (κ2) is 8.41. The van der Waals surface area contributed by atoms with Crippen LogP contribution >= 0.6 is 34.4 Å². The van der Waals surface area contributed by atoms with Crippen molar-refractivity contribution in [1.82, 2.24) is 15.0 Å². The van der Waals surface area contributed by atoms with Crippen LogP contribution < -0.4 is 5.32 Å². The Morgan fingerprint density at radius 3 is 2.87 bits per heavy atom. The lowest BCUT2D eigenvalue weighted by Crippen LogP contribution is -2.14. The molecular formula is C21H17FN4OS3. The van der Waals surface area contributed by atoms with Gasteiger partial charge in [0.25, 0.3) is 0 Å². The molecule has 9 heteroatoms. The number of thiazole rings is 1. The van der Waals surface area contributed by atoms with Crippen LogP contribution in [-0.2, 0) is 17.6 Å². The zero-order valence-electron chi connectivity index (χ0n) is 15.9. The van der Waals surface area contributed by atoms with Gasteiger partial charge in [-0.05, 0) is 55.5 Å². The number of hydrogen-bond acceptors (Lipinski definition) is 7. The summed E-state index contributed by atoms with van der Waals surface area (Å²) in [6.45, 7) is 0. The Morgan fingerprint density at radius 1 is 1.17 bits per heavy atom. The van der Waals surface area contributed by atoms with E-state index < -0.39 is 0 Å². The van der Waals surface area contributed by atoms with Crippen molar-refractivity contribution >= 4 is 55.7 Å². The second-order valence-corrected chi connectivity index (χ2v) is 9.86. The van der Waals surface area contributed by atoms with Crippen LogP contribution in [0, 0.1) is 5.82 Å². The molecular weight excluding hydrogens is 439 g/mol. The number of halogens is 1. The average Bonchev–Trinajstić information content (AvgIpc) is 3.37. The number of fused-ring (bicyclic) bond motifs is 3. The molecule has 152 valence electrons. The lowest BCUT2D eigenvalue weighted by Gasteiger charge is -2.11. The summed E-state index contributed by atoms with van der Waals surface area (Å²) in [4.78, 5) is 28.2. The number of hydrogen-bond donors (Lipinski definition) is 1. The summed E-state index contributed by atoms with van der Waals surface area (Å²) in [5.41, 5.74) is 2.90. The molecule has 3 aromatic heterocycles. The number of rotatable bonds is 5. The van der Waals surface area contributed by atoms with Crippen molar-refractivity contribution in [3.63, 3.8) is 0 Å². The van der Waals surface area contributed by atoms with E-state index in [1.54, 1.807) is 29.8 Å². The van der Waals surface area contributed by atoms with E-state index in [4.69, 9.17) is 0 Å². The third kappa shape index (κ3) is 3.97. The zero-order valence-corrected chi connectivity index (χ0v) is 18.3. The number of thioether (sulfide) groups is 1. The zero-order chi connectivity index (χ0) is 20.5. The summed E-state index contributed by atoms with van der Waals surface area (Å²) in [5, 5.41) is 7.23. The van der Waals surface area contributed by atoms with Gasteiger partial charge in [-0.1, -0.05) is 11.8 Å². The first-order valence-corrected chi connectivity index (χ1v) is 12.2. The van der Waals surface area contributed by atoms with Crippen molar-refractivity contribution in [1.29, 1.82) is 0 Å². The molecule has 5 nitrogen and oxygen atoms in total. The molecule has 1 aliphatic rings. The third-order valence-corrected chi connectivity index (χ3v) is 7.89. The van der Waals surface area contributed by atoms with Crippen LogP contribution in [0.2, 0.25) is 0 Å². The Labute approximate surface area is 184 Å². The number of aryl methyl sites for hydroxylation is 2. The van der Waals surface area contributed by atoms with Crippen LogP contribution in [-0.4, -0.2) is 26.6 Å². The Bertz CT molecular complexity index is 1220. The van der Waals surface area contributed by atoms with Gasteiger partial charge in [0, 0.05) is 21.2 Å². The maximum absolute atomic E-state index is 13.1. The fraction of sp³-hybridized carbons (Fsp3) is 0.238. The van der Waals surface area contributed by atoms with E-state index in [1.165, 1.54) is 58.5 Å². The molecule has 4 aromatic rings. The molecule has 1 aromatic carbocycles. The fourth-order valence-electron chi connectivity index (χ4n) is 3.54. The quantitative estimate of drug-likeness (QED) is 0.314. The van der Waals surface area contributed by atoms with Gasteiger partial charge in [0.05, 0.1) is 11.4 Å². The molecule has 1 amide bonds. The third-order valence-electron chi connectivity index (χ3n) is 4.95. The van der Waals surface area contributed by atoms with Crippen molar-refractivity contribution in [3.05, 3.63) is 52.2 Å². The number of aromatic nitrogens is 3. The van der Waals surface area contributed by atoms with Crippen molar-refractivity contribution in [3.8, 4) is 11.3 Å². The molecule has 5 rings (SSSR count). The Hall–Kier alpha value is -2.36. The van der Waals surface area contributed by atoms with E-state index in [9.17, 15) is 9.18 Å². The predicted molar refractivity (Wildman–Crippen MR) is 121 cm³/mol. The topological polar surface area (TPSA) is 67.8 Å². The van der Waals surface area contributed by atoms with Crippen molar-refractivity contribution < 1.29 is 9.18 Å². The number of nitrogens with one attached hydrogen (secondary N) is 1. The number of benzene rings is 1. The van der Waals surface area contributed by atoms with Gasteiger partial charge in [-0.3, -0.25) is 4.79 Å². The van der Waals surface area contributed by atoms with Crippen LogP contribution in [0.3, 0.4) is 0 Å². The number of anilines is 1. The molecule has 0 bridgehead atoms. The summed E-state index contributed by atoms with van der Waals surface area (Å²) in [7, 11) is 0. The summed E-state index contributed by atoms with van der Waals surface area (Å²) in [5.74, 6) is -0.163. The SMILES string of the molecule is O=C(CSc1ncnc2sc3c(c12)CCCC3)Nc1nc(-c2ccc(F)cc2)cs1. The van der Waals surface area contributed by atoms with Crippen LogP contribution in [0.1, 0.15) is 23.3 Å². The highest BCUT2D eigenvalue weighted by molar-refractivity contribution is 8.00. The molecule has 0 fully saturated rings. The van der Waals surface area contributed by atoms with Crippen LogP contribution in [0.4, 0.5) is 9.52 Å². The first-order chi connectivity index (χ1) is 14.7. The van der Waals surface area contributed by atoms with Gasteiger partial charge in [0.15, 0.2) is 5.13 Å². The van der Waals surface area contributed by atoms with E-state index in [0.717, 1.165) is 33.6 Å². The maximum Gasteiger partial charge on any atom is 0.236 e. The van der Waals surface area contributed by atoms with Gasteiger partial charge < -0.3 is 5.32 Å². The maximum atomic E-state index is 13.1. The molecule has 0 saturated carbocycles. The molecule has 0 unspecified atom stereocenters. The van der Waals surface area contributed by atoms with E-state index >= 15 is 0 Å². The molecule has 1 aliphatic carbocycles. The fourth-order valence-corrected chi connectivity index (χ4v) is 6.40. The highest BCUT2D eigenvalue weighted by atomic mass is 32.2. The number of thiophene rings is 1. The van der Waals surface area contributed by atoms with Crippen LogP contribution in [0.25, 0.3) is 21.5 Å². The molecule has 30 heavy (non-hydrogen) atoms. The molecule has 3 heterocycles. The van der Waals surface area contributed by atoms with E-state index in [-0.39, 0.29) is 17.5 Å². The highest BCUT2D eigenvalue weighted by Gasteiger charge is 2.20. The largest absolute Gasteiger partial charge is 0.301 e. The predicted octanol–water partition coefficient (Wildman–Crippen LogP) is 5.56. The average molecular weight is 457 g/mol. The van der Waals surface area contributed by atoms with E-state index in [2.05, 4.69) is 20.3 Å². The molecule has 0 saturated heterocycles. The summed E-state index contributed by atoms with van der Waals surface area (Å²) in [6, 6.07) is 6.14. The minimum atomic E-state index is -0.287. The van der Waals surface area contributed by atoms with Crippen molar-refractivity contribution in [2.75, 3.05) is 11.1 Å². The van der Waals surface area contributed by atoms with Gasteiger partial charge in [0.2, 0.25) is 5.91 Å². The minimum Gasteiger partial charge on any atom is -0.301 e. The molecule has 0 radical (unpaired) electrons. The van der Waals surface area contributed by atoms with Crippen molar-refractivity contribution in [2.45, 2.75) is 30.7 Å². The first kappa shape index (κ1) is 19.6. The number of carbonyl (C=O) groups excluding carboxylic acids is 1. The molecule has 0 aliphatic heterocycles. The van der Waals surface area contributed by atoms with E-state index in [0.29, 0.717) is 10.8 Å². The smallest absolute Gasteiger partial charge is 0.236 e. The van der Waals surface area contributed by atoms with Gasteiger partial charge in [-0.2, -0.15) is 0 Å². The monoisotopic (exact) mass is 456 g/mol. The number of nitrogens with zero attached hydrogens (tertiary/aromatic N) is 3. The van der Waals surface area contributed by atoms with Crippen molar-refractivity contribution in [2.24, 2.45) is 0 Å². The highest BCUT2D eigenvalue weighted by Crippen LogP contribution is 2.39. The summed E-state index contributed by atoms with van der Waals surface area (Å²) < 4.78 is 13.1. The normalized spacial score (nSPS) is 13.4. The van der Waals surface area contributed by atoms with Crippen LogP contribution in [0.15, 0.2) is 41.0 Å². The Balaban J connectivity index is 1.27. The molecule has 0 atom stereocenters.